The summed E-state index contributed by atoms with van der Waals surface area (Å²) in [5.41, 5.74) is 3.02. The van der Waals surface area contributed by atoms with E-state index in [1.54, 1.807) is 30.5 Å². The van der Waals surface area contributed by atoms with Gasteiger partial charge in [0.05, 0.1) is 22.0 Å². The van der Waals surface area contributed by atoms with Crippen LogP contribution in [0.2, 0.25) is 5.02 Å². The Morgan fingerprint density at radius 3 is 2.76 bits per heavy atom. The van der Waals surface area contributed by atoms with Crippen LogP contribution < -0.4 is 10.9 Å². The molecule has 6 nitrogen and oxygen atoms in total. The second-order valence-electron chi connectivity index (χ2n) is 6.24. The Hall–Kier alpha value is -3.29. The first-order valence-electron chi connectivity index (χ1n) is 8.69. The molecule has 0 aliphatic carbocycles. The van der Waals surface area contributed by atoms with Crippen LogP contribution in [0.5, 0.6) is 0 Å². The van der Waals surface area contributed by atoms with Crippen molar-refractivity contribution in [2.45, 2.75) is 6.92 Å². The Labute approximate surface area is 175 Å². The van der Waals surface area contributed by atoms with Gasteiger partial charge >= 0.3 is 0 Å². The standard InChI is InChI=1S/C21H15ClN4O2S/c1-13-5-4-10-23-19(13)16-12-29-21(24-16)25-20(28)14-8-9-18(27)26(11-14)17-7-3-2-6-15(17)22/h2-12H,1H3,(H,24,25,28). The van der Waals surface area contributed by atoms with Gasteiger partial charge in [0.2, 0.25) is 0 Å². The Bertz CT molecular complexity index is 1270. The third-order valence-electron chi connectivity index (χ3n) is 4.26. The van der Waals surface area contributed by atoms with Crippen molar-refractivity contribution in [1.29, 1.82) is 0 Å². The number of benzene rings is 1. The van der Waals surface area contributed by atoms with Crippen LogP contribution in [-0.4, -0.2) is 20.4 Å². The van der Waals surface area contributed by atoms with Crippen molar-refractivity contribution in [2.24, 2.45) is 0 Å². The number of aryl methyl sites for hydroxylation is 1. The minimum Gasteiger partial charge on any atom is -0.298 e. The van der Waals surface area contributed by atoms with Crippen LogP contribution in [0.15, 0.2) is 71.1 Å². The Balaban J connectivity index is 1.60. The van der Waals surface area contributed by atoms with Crippen molar-refractivity contribution in [3.8, 4) is 17.1 Å². The van der Waals surface area contributed by atoms with Gasteiger partial charge in [0.15, 0.2) is 5.13 Å². The summed E-state index contributed by atoms with van der Waals surface area (Å²) in [4.78, 5) is 33.7. The number of carbonyl (C=O) groups is 1. The van der Waals surface area contributed by atoms with Crippen LogP contribution in [0.3, 0.4) is 0 Å². The van der Waals surface area contributed by atoms with Gasteiger partial charge in [-0.15, -0.1) is 11.3 Å². The molecule has 0 atom stereocenters. The van der Waals surface area contributed by atoms with Crippen molar-refractivity contribution in [1.82, 2.24) is 14.5 Å². The van der Waals surface area contributed by atoms with Crippen LogP contribution in [0, 0.1) is 6.92 Å². The molecule has 0 radical (unpaired) electrons. The Morgan fingerprint density at radius 2 is 1.97 bits per heavy atom. The van der Waals surface area contributed by atoms with E-state index in [9.17, 15) is 9.59 Å². The highest BCUT2D eigenvalue weighted by Crippen LogP contribution is 2.26. The number of aromatic nitrogens is 3. The molecule has 0 fully saturated rings. The number of amides is 1. The number of para-hydroxylation sites is 1. The SMILES string of the molecule is Cc1cccnc1-c1csc(NC(=O)c2ccc(=O)n(-c3ccccc3Cl)c2)n1. The molecule has 8 heteroatoms. The molecule has 4 rings (SSSR count). The number of hydrogen-bond donors (Lipinski definition) is 1. The lowest BCUT2D eigenvalue weighted by Crippen LogP contribution is -2.21. The van der Waals surface area contributed by atoms with Gasteiger partial charge in [-0.1, -0.05) is 29.8 Å². The number of anilines is 1. The number of nitrogens with one attached hydrogen (secondary N) is 1. The average molecular weight is 423 g/mol. The van der Waals surface area contributed by atoms with Crippen LogP contribution in [-0.2, 0) is 0 Å². The van der Waals surface area contributed by atoms with E-state index in [4.69, 9.17) is 11.6 Å². The van der Waals surface area contributed by atoms with Crippen LogP contribution >= 0.6 is 22.9 Å². The lowest BCUT2D eigenvalue weighted by molar-refractivity contribution is 0.102. The zero-order chi connectivity index (χ0) is 20.4. The van der Waals surface area contributed by atoms with E-state index in [1.807, 2.05) is 24.4 Å². The number of hydrogen-bond acceptors (Lipinski definition) is 5. The first-order chi connectivity index (χ1) is 14.0. The highest BCUT2D eigenvalue weighted by molar-refractivity contribution is 7.14. The van der Waals surface area contributed by atoms with Gasteiger partial charge in [-0.2, -0.15) is 0 Å². The van der Waals surface area contributed by atoms with Crippen molar-refractivity contribution >= 4 is 34.0 Å². The number of nitrogens with zero attached hydrogens (tertiary/aromatic N) is 3. The molecular weight excluding hydrogens is 408 g/mol. The van der Waals surface area contributed by atoms with Crippen molar-refractivity contribution < 1.29 is 4.79 Å². The second-order valence-corrected chi connectivity index (χ2v) is 7.50. The highest BCUT2D eigenvalue weighted by Gasteiger charge is 2.14. The smallest absolute Gasteiger partial charge is 0.258 e. The van der Waals surface area contributed by atoms with Gasteiger partial charge in [-0.05, 0) is 36.8 Å². The number of thiazole rings is 1. The van der Waals surface area contributed by atoms with Crippen molar-refractivity contribution in [2.75, 3.05) is 5.32 Å². The molecule has 0 unspecified atom stereocenters. The predicted molar refractivity (Wildman–Crippen MR) is 115 cm³/mol. The number of carbonyl (C=O) groups excluding carboxylic acids is 1. The molecule has 1 amide bonds. The fraction of sp³-hybridized carbons (Fsp3) is 0.0476. The molecule has 1 N–H and O–H groups in total. The van der Waals surface area contributed by atoms with Crippen molar-refractivity contribution in [3.63, 3.8) is 0 Å². The minimum atomic E-state index is -0.371. The first-order valence-corrected chi connectivity index (χ1v) is 9.95. The molecule has 0 aliphatic rings. The van der Waals surface area contributed by atoms with Gasteiger partial charge in [0.25, 0.3) is 11.5 Å². The van der Waals surface area contributed by atoms with Crippen LogP contribution in [0.1, 0.15) is 15.9 Å². The molecule has 4 aromatic rings. The molecule has 0 spiro atoms. The van der Waals surface area contributed by atoms with Gasteiger partial charge in [0.1, 0.15) is 5.69 Å². The van der Waals surface area contributed by atoms with E-state index in [0.29, 0.717) is 27.1 Å². The lowest BCUT2D eigenvalue weighted by atomic mass is 10.2. The quantitative estimate of drug-likeness (QED) is 0.522. The summed E-state index contributed by atoms with van der Waals surface area (Å²) in [6.07, 6.45) is 3.17. The zero-order valence-electron chi connectivity index (χ0n) is 15.3. The van der Waals surface area contributed by atoms with Gasteiger partial charge in [0, 0.05) is 23.8 Å². The molecule has 0 saturated carbocycles. The van der Waals surface area contributed by atoms with E-state index in [1.165, 1.54) is 34.2 Å². The molecular formula is C21H15ClN4O2S. The third-order valence-corrected chi connectivity index (χ3v) is 5.34. The molecule has 29 heavy (non-hydrogen) atoms. The Kier molecular flexibility index (Phi) is 5.24. The molecule has 144 valence electrons. The average Bonchev–Trinajstić information content (AvgIpc) is 3.17. The molecule has 1 aromatic carbocycles. The fourth-order valence-electron chi connectivity index (χ4n) is 2.82. The number of pyridine rings is 2. The topological polar surface area (TPSA) is 76.9 Å². The molecule has 0 aliphatic heterocycles. The summed E-state index contributed by atoms with van der Waals surface area (Å²) in [6, 6.07) is 13.6. The molecule has 0 bridgehead atoms. The fourth-order valence-corrected chi connectivity index (χ4v) is 3.74. The van der Waals surface area contributed by atoms with E-state index in [0.717, 1.165) is 11.3 Å². The molecule has 0 saturated heterocycles. The van der Waals surface area contributed by atoms with E-state index < -0.39 is 0 Å². The van der Waals surface area contributed by atoms with E-state index in [-0.39, 0.29) is 11.5 Å². The monoisotopic (exact) mass is 422 g/mol. The van der Waals surface area contributed by atoms with Gasteiger partial charge in [-0.3, -0.25) is 24.5 Å². The summed E-state index contributed by atoms with van der Waals surface area (Å²) in [5, 5.41) is 5.48. The maximum absolute atomic E-state index is 12.7. The van der Waals surface area contributed by atoms with E-state index in [2.05, 4.69) is 15.3 Å². The van der Waals surface area contributed by atoms with Gasteiger partial charge in [-0.25, -0.2) is 4.98 Å². The van der Waals surface area contributed by atoms with E-state index >= 15 is 0 Å². The minimum absolute atomic E-state index is 0.281. The third kappa shape index (κ3) is 3.96. The predicted octanol–water partition coefficient (Wildman–Crippen LogP) is 4.57. The maximum atomic E-state index is 12.7. The zero-order valence-corrected chi connectivity index (χ0v) is 16.9. The highest BCUT2D eigenvalue weighted by atomic mass is 35.5. The summed E-state index contributed by atoms with van der Waals surface area (Å²) in [6.45, 7) is 1.96. The number of rotatable bonds is 4. The lowest BCUT2D eigenvalue weighted by Gasteiger charge is -2.09. The maximum Gasteiger partial charge on any atom is 0.258 e. The summed E-state index contributed by atoms with van der Waals surface area (Å²) >= 11 is 7.50. The second kappa shape index (κ2) is 7.98. The van der Waals surface area contributed by atoms with Crippen LogP contribution in [0.4, 0.5) is 5.13 Å². The molecule has 3 heterocycles. The van der Waals surface area contributed by atoms with Gasteiger partial charge < -0.3 is 0 Å². The summed E-state index contributed by atoms with van der Waals surface area (Å²) < 4.78 is 1.35. The first kappa shape index (κ1) is 19.0. The van der Waals surface area contributed by atoms with Crippen molar-refractivity contribution in [3.05, 3.63) is 92.8 Å². The van der Waals surface area contributed by atoms with Crippen LogP contribution in [0.25, 0.3) is 17.1 Å². The largest absolute Gasteiger partial charge is 0.298 e. The summed E-state index contributed by atoms with van der Waals surface area (Å²) in [7, 11) is 0. The normalized spacial score (nSPS) is 10.7. The Morgan fingerprint density at radius 1 is 1.14 bits per heavy atom. The molecule has 3 aromatic heterocycles. The number of halogens is 1. The summed E-state index contributed by atoms with van der Waals surface area (Å²) in [5.74, 6) is -0.371.